The number of phenolic OH excluding ortho intramolecular Hbond substituents is 1. The van der Waals surface area contributed by atoms with Gasteiger partial charge in [0.15, 0.2) is 0 Å². The molecule has 0 radical (unpaired) electrons. The number of hydrogen-bond acceptors (Lipinski definition) is 3. The van der Waals surface area contributed by atoms with Crippen LogP contribution in [0.2, 0.25) is 0 Å². The van der Waals surface area contributed by atoms with Crippen molar-refractivity contribution in [2.75, 3.05) is 18.0 Å². The van der Waals surface area contributed by atoms with E-state index in [1.165, 1.54) is 0 Å². The highest BCUT2D eigenvalue weighted by Gasteiger charge is 2.22. The lowest BCUT2D eigenvalue weighted by molar-refractivity contribution is -0.135. The molecule has 1 aromatic rings. The van der Waals surface area contributed by atoms with E-state index < -0.39 is 5.97 Å². The maximum Gasteiger partial charge on any atom is 0.323 e. The number of carbonyl (C=O) groups is 1. The van der Waals surface area contributed by atoms with E-state index in [-0.39, 0.29) is 12.3 Å². The van der Waals surface area contributed by atoms with Crippen molar-refractivity contribution in [2.24, 2.45) is 0 Å². The molecule has 0 spiro atoms. The number of fused-ring (bicyclic) bond motifs is 1. The van der Waals surface area contributed by atoms with Crippen LogP contribution < -0.4 is 4.90 Å². The van der Waals surface area contributed by atoms with E-state index in [2.05, 4.69) is 0 Å². The second-order valence-corrected chi connectivity index (χ2v) is 3.34. The Hall–Kier alpha value is -1.71. The zero-order valence-electron chi connectivity index (χ0n) is 7.60. The fourth-order valence-corrected chi connectivity index (χ4v) is 1.81. The molecule has 2 N–H and O–H groups in total. The third-order valence-corrected chi connectivity index (χ3v) is 2.43. The summed E-state index contributed by atoms with van der Waals surface area (Å²) in [5.41, 5.74) is 1.70. The van der Waals surface area contributed by atoms with Crippen molar-refractivity contribution in [3.05, 3.63) is 23.8 Å². The van der Waals surface area contributed by atoms with Crippen LogP contribution in [0, 0.1) is 0 Å². The van der Waals surface area contributed by atoms with E-state index in [1.54, 1.807) is 17.0 Å². The van der Waals surface area contributed by atoms with Crippen molar-refractivity contribution in [1.82, 2.24) is 0 Å². The first-order valence-corrected chi connectivity index (χ1v) is 4.46. The molecule has 74 valence electrons. The molecule has 4 heteroatoms. The van der Waals surface area contributed by atoms with Gasteiger partial charge in [-0.3, -0.25) is 4.79 Å². The molecule has 2 rings (SSSR count). The minimum atomic E-state index is -0.846. The molecule has 1 heterocycles. The molecule has 0 saturated heterocycles. The largest absolute Gasteiger partial charge is 0.508 e. The monoisotopic (exact) mass is 193 g/mol. The fraction of sp³-hybridized carbons (Fsp3) is 0.300. The van der Waals surface area contributed by atoms with Crippen LogP contribution in [0.25, 0.3) is 0 Å². The summed E-state index contributed by atoms with van der Waals surface area (Å²) in [7, 11) is 0. The molecule has 0 aromatic heterocycles. The number of aromatic hydroxyl groups is 1. The highest BCUT2D eigenvalue weighted by Crippen LogP contribution is 2.33. The number of hydrogen-bond donors (Lipinski definition) is 2. The van der Waals surface area contributed by atoms with Crippen LogP contribution in [0.3, 0.4) is 0 Å². The SMILES string of the molecule is O=C(O)CN1CCc2c(O)cccc21. The standard InChI is InChI=1S/C10H11NO3/c12-9-3-1-2-8-7(9)4-5-11(8)6-10(13)14/h1-3,12H,4-6H2,(H,13,14). The molecule has 0 bridgehead atoms. The first-order chi connectivity index (χ1) is 6.68. The van der Waals surface area contributed by atoms with Crippen molar-refractivity contribution in [3.8, 4) is 5.75 Å². The van der Waals surface area contributed by atoms with Gasteiger partial charge in [0.05, 0.1) is 0 Å². The number of nitrogens with zero attached hydrogens (tertiary/aromatic N) is 1. The quantitative estimate of drug-likeness (QED) is 0.730. The van der Waals surface area contributed by atoms with Crippen LogP contribution in [-0.4, -0.2) is 29.3 Å². The number of rotatable bonds is 2. The summed E-state index contributed by atoms with van der Waals surface area (Å²) in [4.78, 5) is 12.3. The van der Waals surface area contributed by atoms with E-state index in [0.717, 1.165) is 17.7 Å². The summed E-state index contributed by atoms with van der Waals surface area (Å²) in [5.74, 6) is -0.586. The van der Waals surface area contributed by atoms with E-state index in [4.69, 9.17) is 5.11 Å². The predicted molar refractivity (Wildman–Crippen MR) is 51.7 cm³/mol. The Kier molecular flexibility index (Phi) is 2.04. The Balaban J connectivity index is 2.30. The molecule has 0 fully saturated rings. The molecule has 1 aliphatic heterocycles. The topological polar surface area (TPSA) is 60.8 Å². The summed E-state index contributed by atoms with van der Waals surface area (Å²) in [5, 5.41) is 18.2. The molecule has 0 amide bonds. The van der Waals surface area contributed by atoms with Crippen LogP contribution in [0.5, 0.6) is 5.75 Å². The van der Waals surface area contributed by atoms with Gasteiger partial charge >= 0.3 is 5.97 Å². The van der Waals surface area contributed by atoms with E-state index in [9.17, 15) is 9.90 Å². The number of benzene rings is 1. The summed E-state index contributed by atoms with van der Waals surface area (Å²) in [6.45, 7) is 0.662. The lowest BCUT2D eigenvalue weighted by Crippen LogP contribution is -2.27. The van der Waals surface area contributed by atoms with Gasteiger partial charge in [-0.2, -0.15) is 0 Å². The molecule has 14 heavy (non-hydrogen) atoms. The van der Waals surface area contributed by atoms with Gasteiger partial charge in [0, 0.05) is 17.8 Å². The molecule has 4 nitrogen and oxygen atoms in total. The molecule has 1 aromatic carbocycles. The van der Waals surface area contributed by atoms with Crippen LogP contribution in [0.15, 0.2) is 18.2 Å². The lowest BCUT2D eigenvalue weighted by atomic mass is 10.1. The average Bonchev–Trinajstić information content (AvgIpc) is 2.49. The van der Waals surface area contributed by atoms with Gasteiger partial charge in [-0.05, 0) is 18.6 Å². The minimum Gasteiger partial charge on any atom is -0.508 e. The smallest absolute Gasteiger partial charge is 0.323 e. The first-order valence-electron chi connectivity index (χ1n) is 4.46. The van der Waals surface area contributed by atoms with Gasteiger partial charge in [0.2, 0.25) is 0 Å². The maximum absolute atomic E-state index is 10.5. The number of carboxylic acid groups (broad SMARTS) is 1. The summed E-state index contributed by atoms with van der Waals surface area (Å²) >= 11 is 0. The Morgan fingerprint density at radius 1 is 1.50 bits per heavy atom. The van der Waals surface area contributed by atoms with Crippen LogP contribution in [-0.2, 0) is 11.2 Å². The molecular weight excluding hydrogens is 182 g/mol. The third kappa shape index (κ3) is 1.39. The molecule has 0 saturated carbocycles. The van der Waals surface area contributed by atoms with Gasteiger partial charge in [0.25, 0.3) is 0 Å². The zero-order chi connectivity index (χ0) is 10.1. The highest BCUT2D eigenvalue weighted by molar-refractivity contribution is 5.76. The maximum atomic E-state index is 10.5. The van der Waals surface area contributed by atoms with Gasteiger partial charge in [0.1, 0.15) is 12.3 Å². The minimum absolute atomic E-state index is 0.00352. The van der Waals surface area contributed by atoms with Crippen LogP contribution in [0.4, 0.5) is 5.69 Å². The van der Waals surface area contributed by atoms with Crippen molar-refractivity contribution >= 4 is 11.7 Å². The summed E-state index contributed by atoms with van der Waals surface area (Å²) < 4.78 is 0. The summed E-state index contributed by atoms with van der Waals surface area (Å²) in [6, 6.07) is 5.20. The average molecular weight is 193 g/mol. The number of phenols is 1. The molecule has 0 atom stereocenters. The van der Waals surface area contributed by atoms with Gasteiger partial charge < -0.3 is 15.1 Å². The summed E-state index contributed by atoms with van der Waals surface area (Å²) in [6.07, 6.45) is 0.718. The number of carboxylic acids is 1. The number of aliphatic carboxylic acids is 1. The van der Waals surface area contributed by atoms with Crippen LogP contribution >= 0.6 is 0 Å². The highest BCUT2D eigenvalue weighted by atomic mass is 16.4. The third-order valence-electron chi connectivity index (χ3n) is 2.43. The Morgan fingerprint density at radius 3 is 3.00 bits per heavy atom. The Labute approximate surface area is 81.4 Å². The number of anilines is 1. The van der Waals surface area contributed by atoms with Gasteiger partial charge in [-0.25, -0.2) is 0 Å². The van der Waals surface area contributed by atoms with Crippen molar-refractivity contribution in [2.45, 2.75) is 6.42 Å². The molecule has 0 aliphatic carbocycles. The van der Waals surface area contributed by atoms with Crippen molar-refractivity contribution < 1.29 is 15.0 Å². The van der Waals surface area contributed by atoms with Gasteiger partial charge in [-0.15, -0.1) is 0 Å². The first kappa shape index (κ1) is 8.87. The molecule has 1 aliphatic rings. The second-order valence-electron chi connectivity index (χ2n) is 3.34. The van der Waals surface area contributed by atoms with Crippen molar-refractivity contribution in [1.29, 1.82) is 0 Å². The van der Waals surface area contributed by atoms with E-state index >= 15 is 0 Å². The van der Waals surface area contributed by atoms with E-state index in [0.29, 0.717) is 6.54 Å². The molecular formula is C10H11NO3. The Morgan fingerprint density at radius 2 is 2.29 bits per heavy atom. The predicted octanol–water partition coefficient (Wildman–Crippen LogP) is 0.839. The fourth-order valence-electron chi connectivity index (χ4n) is 1.81. The Bertz CT molecular complexity index is 376. The van der Waals surface area contributed by atoms with Gasteiger partial charge in [-0.1, -0.05) is 6.07 Å². The molecule has 0 unspecified atom stereocenters. The van der Waals surface area contributed by atoms with Crippen molar-refractivity contribution in [3.63, 3.8) is 0 Å². The second kappa shape index (κ2) is 3.21. The normalized spacial score (nSPS) is 14.1. The zero-order valence-corrected chi connectivity index (χ0v) is 7.60. The lowest BCUT2D eigenvalue weighted by Gasteiger charge is -2.16. The van der Waals surface area contributed by atoms with Crippen LogP contribution in [0.1, 0.15) is 5.56 Å². The van der Waals surface area contributed by atoms with E-state index in [1.807, 2.05) is 6.07 Å².